The molecule has 1 amide bonds. The van der Waals surface area contributed by atoms with E-state index in [9.17, 15) is 22.0 Å². The third kappa shape index (κ3) is 3.91. The molecule has 5 nitrogen and oxygen atoms in total. The zero-order chi connectivity index (χ0) is 20.6. The predicted molar refractivity (Wildman–Crippen MR) is 104 cm³/mol. The largest absolute Gasteiger partial charge is 0.336 e. The maximum Gasteiger partial charge on any atom is 0.257 e. The van der Waals surface area contributed by atoms with Gasteiger partial charge in [0.15, 0.2) is 0 Å². The maximum absolute atomic E-state index is 13.9. The molecule has 29 heavy (non-hydrogen) atoms. The van der Waals surface area contributed by atoms with Gasteiger partial charge in [0.05, 0.1) is 10.5 Å². The zero-order valence-corrected chi connectivity index (χ0v) is 16.7. The van der Waals surface area contributed by atoms with E-state index in [1.165, 1.54) is 14.8 Å². The van der Waals surface area contributed by atoms with Gasteiger partial charge in [-0.25, -0.2) is 17.2 Å². The van der Waals surface area contributed by atoms with Crippen molar-refractivity contribution < 1.29 is 22.0 Å². The quantitative estimate of drug-likeness (QED) is 0.767. The fourth-order valence-corrected chi connectivity index (χ4v) is 5.46. The van der Waals surface area contributed by atoms with Gasteiger partial charge in [-0.05, 0) is 67.1 Å². The van der Waals surface area contributed by atoms with Gasteiger partial charge in [-0.1, -0.05) is 6.07 Å². The number of amides is 1. The Hall–Kier alpha value is -2.32. The van der Waals surface area contributed by atoms with E-state index < -0.39 is 27.6 Å². The van der Waals surface area contributed by atoms with E-state index in [2.05, 4.69) is 0 Å². The lowest BCUT2D eigenvalue weighted by Gasteiger charge is -2.34. The molecule has 2 aromatic rings. The zero-order valence-electron chi connectivity index (χ0n) is 15.9. The molecule has 1 aliphatic carbocycles. The van der Waals surface area contributed by atoms with Crippen molar-refractivity contribution in [2.24, 2.45) is 0 Å². The van der Waals surface area contributed by atoms with Gasteiger partial charge in [-0.3, -0.25) is 4.79 Å². The molecule has 1 aliphatic heterocycles. The number of halogens is 2. The average Bonchev–Trinajstić information content (AvgIpc) is 2.74. The number of nitrogens with zero attached hydrogens (tertiary/aromatic N) is 2. The average molecular weight is 420 g/mol. The van der Waals surface area contributed by atoms with E-state index in [4.69, 9.17) is 0 Å². The van der Waals surface area contributed by atoms with Crippen LogP contribution >= 0.6 is 0 Å². The Kier molecular flexibility index (Phi) is 5.40. The van der Waals surface area contributed by atoms with E-state index in [1.54, 1.807) is 12.1 Å². The van der Waals surface area contributed by atoms with Crippen LogP contribution in [0, 0.1) is 11.6 Å². The highest BCUT2D eigenvalue weighted by Gasteiger charge is 2.31. The molecule has 154 valence electrons. The summed E-state index contributed by atoms with van der Waals surface area (Å²) >= 11 is 0. The second-order valence-corrected chi connectivity index (χ2v) is 9.40. The molecule has 1 saturated heterocycles. The molecule has 0 spiro atoms. The van der Waals surface area contributed by atoms with Crippen LogP contribution in [0.4, 0.5) is 8.78 Å². The summed E-state index contributed by atoms with van der Waals surface area (Å²) in [6.45, 7) is 0.474. The molecular weight excluding hydrogens is 398 g/mol. The number of hydrogen-bond acceptors (Lipinski definition) is 3. The summed E-state index contributed by atoms with van der Waals surface area (Å²) in [6, 6.07) is 8.05. The van der Waals surface area contributed by atoms with Crippen LogP contribution in [0.25, 0.3) is 0 Å². The van der Waals surface area contributed by atoms with Crippen molar-refractivity contribution in [2.45, 2.75) is 30.6 Å². The molecular formula is C21H22F2N2O3S. The van der Waals surface area contributed by atoms with Gasteiger partial charge in [-0.2, -0.15) is 4.31 Å². The highest BCUT2D eigenvalue weighted by Crippen LogP contribution is 2.26. The van der Waals surface area contributed by atoms with Gasteiger partial charge in [0, 0.05) is 26.2 Å². The normalized spacial score (nSPS) is 17.8. The SMILES string of the molecule is O=C(c1cc(F)ccc1F)N1CCN(S(=O)(=O)c2ccc3c(c2)CCCC3)CC1. The van der Waals surface area contributed by atoms with Crippen molar-refractivity contribution in [1.82, 2.24) is 9.21 Å². The third-order valence-corrected chi connectivity index (χ3v) is 7.54. The fraction of sp³-hybridized carbons (Fsp3) is 0.381. The molecule has 4 rings (SSSR count). The summed E-state index contributed by atoms with van der Waals surface area (Å²) in [5.41, 5.74) is 1.96. The van der Waals surface area contributed by atoms with Gasteiger partial charge in [-0.15, -0.1) is 0 Å². The second-order valence-electron chi connectivity index (χ2n) is 7.46. The third-order valence-electron chi connectivity index (χ3n) is 5.64. The number of rotatable bonds is 3. The minimum Gasteiger partial charge on any atom is -0.336 e. The standard InChI is InChI=1S/C21H22F2N2O3S/c22-17-6-8-20(23)19(14-17)21(26)24-9-11-25(12-10-24)29(27,28)18-7-5-15-3-1-2-4-16(15)13-18/h5-8,13-14H,1-4,9-12H2. The molecule has 8 heteroatoms. The summed E-state index contributed by atoms with van der Waals surface area (Å²) in [5, 5.41) is 0. The Balaban J connectivity index is 1.47. The lowest BCUT2D eigenvalue weighted by atomic mass is 9.92. The van der Waals surface area contributed by atoms with Gasteiger partial charge in [0.2, 0.25) is 10.0 Å². The number of benzene rings is 2. The number of carbonyl (C=O) groups excluding carboxylic acids is 1. The van der Waals surface area contributed by atoms with Crippen molar-refractivity contribution in [2.75, 3.05) is 26.2 Å². The van der Waals surface area contributed by atoms with Crippen LogP contribution in [0.1, 0.15) is 34.3 Å². The first-order valence-electron chi connectivity index (χ1n) is 9.72. The lowest BCUT2D eigenvalue weighted by molar-refractivity contribution is 0.0692. The van der Waals surface area contributed by atoms with E-state index in [-0.39, 0.29) is 36.6 Å². The smallest absolute Gasteiger partial charge is 0.257 e. The lowest BCUT2D eigenvalue weighted by Crippen LogP contribution is -2.50. The Labute approximate surface area is 169 Å². The monoisotopic (exact) mass is 420 g/mol. The second kappa shape index (κ2) is 7.84. The van der Waals surface area contributed by atoms with Gasteiger partial charge >= 0.3 is 0 Å². The van der Waals surface area contributed by atoms with Gasteiger partial charge in [0.1, 0.15) is 11.6 Å². The van der Waals surface area contributed by atoms with E-state index in [1.807, 2.05) is 6.07 Å². The first-order chi connectivity index (χ1) is 13.9. The molecule has 0 radical (unpaired) electrons. The highest BCUT2D eigenvalue weighted by molar-refractivity contribution is 7.89. The molecule has 0 unspecified atom stereocenters. The Morgan fingerprint density at radius 1 is 0.862 bits per heavy atom. The van der Waals surface area contributed by atoms with Crippen molar-refractivity contribution in [1.29, 1.82) is 0 Å². The number of carbonyl (C=O) groups is 1. The summed E-state index contributed by atoms with van der Waals surface area (Å²) in [7, 11) is -3.66. The molecule has 1 heterocycles. The number of fused-ring (bicyclic) bond motifs is 1. The number of piperazine rings is 1. The first-order valence-corrected chi connectivity index (χ1v) is 11.2. The Morgan fingerprint density at radius 2 is 1.55 bits per heavy atom. The van der Waals surface area contributed by atoms with Crippen molar-refractivity contribution in [3.8, 4) is 0 Å². The van der Waals surface area contributed by atoms with E-state index in [0.717, 1.165) is 49.4 Å². The topological polar surface area (TPSA) is 57.7 Å². The fourth-order valence-electron chi connectivity index (χ4n) is 3.98. The molecule has 0 saturated carbocycles. The van der Waals surface area contributed by atoms with Gasteiger partial charge in [0.25, 0.3) is 5.91 Å². The van der Waals surface area contributed by atoms with Gasteiger partial charge < -0.3 is 4.90 Å². The van der Waals surface area contributed by atoms with Crippen LogP contribution < -0.4 is 0 Å². The molecule has 0 atom stereocenters. The van der Waals surface area contributed by atoms with Crippen LogP contribution in [0.15, 0.2) is 41.3 Å². The Morgan fingerprint density at radius 3 is 2.28 bits per heavy atom. The summed E-state index contributed by atoms with van der Waals surface area (Å²) in [6.07, 6.45) is 4.06. The van der Waals surface area contributed by atoms with E-state index >= 15 is 0 Å². The molecule has 0 N–H and O–H groups in total. The summed E-state index contributed by atoms with van der Waals surface area (Å²) in [5.74, 6) is -2.11. The maximum atomic E-state index is 13.9. The molecule has 2 aromatic carbocycles. The first kappa shape index (κ1) is 20.0. The predicted octanol–water partition coefficient (Wildman–Crippen LogP) is 2.99. The molecule has 2 aliphatic rings. The van der Waals surface area contributed by atoms with Crippen LogP contribution in [0.2, 0.25) is 0 Å². The summed E-state index contributed by atoms with van der Waals surface area (Å²) < 4.78 is 54.7. The summed E-state index contributed by atoms with van der Waals surface area (Å²) in [4.78, 5) is 14.1. The molecule has 0 bridgehead atoms. The van der Waals surface area contributed by atoms with E-state index in [0.29, 0.717) is 0 Å². The molecule has 1 fully saturated rings. The van der Waals surface area contributed by atoms with Crippen LogP contribution in [-0.2, 0) is 22.9 Å². The van der Waals surface area contributed by atoms with Crippen molar-refractivity contribution in [3.05, 3.63) is 64.7 Å². The van der Waals surface area contributed by atoms with Crippen LogP contribution in [-0.4, -0.2) is 49.7 Å². The number of sulfonamides is 1. The van der Waals surface area contributed by atoms with Crippen LogP contribution in [0.3, 0.4) is 0 Å². The number of hydrogen-bond donors (Lipinski definition) is 0. The van der Waals surface area contributed by atoms with Crippen molar-refractivity contribution in [3.63, 3.8) is 0 Å². The van der Waals surface area contributed by atoms with Crippen LogP contribution in [0.5, 0.6) is 0 Å². The minimum atomic E-state index is -3.66. The number of aryl methyl sites for hydroxylation is 2. The highest BCUT2D eigenvalue weighted by atomic mass is 32.2. The van der Waals surface area contributed by atoms with Crippen molar-refractivity contribution >= 4 is 15.9 Å². The molecule has 0 aromatic heterocycles. The Bertz CT molecular complexity index is 1050. The minimum absolute atomic E-state index is 0.113.